The predicted molar refractivity (Wildman–Crippen MR) is 130 cm³/mol. The molecule has 0 fully saturated rings. The second kappa shape index (κ2) is 8.97. The number of aliphatic hydroxyl groups is 1. The molecular weight excluding hydrogens is 454 g/mol. The molecule has 1 amide bonds. The van der Waals surface area contributed by atoms with Crippen molar-refractivity contribution in [2.24, 2.45) is 0 Å². The van der Waals surface area contributed by atoms with Gasteiger partial charge in [-0.2, -0.15) is 0 Å². The first kappa shape index (κ1) is 22.2. The summed E-state index contributed by atoms with van der Waals surface area (Å²) in [5.74, 6) is -1.64. The molecule has 0 radical (unpaired) electrons. The molecule has 172 valence electrons. The summed E-state index contributed by atoms with van der Waals surface area (Å²) in [5.41, 5.74) is 1.26. The summed E-state index contributed by atoms with van der Waals surface area (Å²) in [6.45, 7) is 0.761. The van der Waals surface area contributed by atoms with Gasteiger partial charge in [0.05, 0.1) is 11.6 Å². The van der Waals surface area contributed by atoms with E-state index in [9.17, 15) is 14.7 Å². The molecule has 2 heterocycles. The van der Waals surface area contributed by atoms with Crippen LogP contribution in [0.5, 0.6) is 0 Å². The number of carbonyl (C=O) groups is 2. The summed E-state index contributed by atoms with van der Waals surface area (Å²) in [7, 11) is 1.59. The molecule has 4 aromatic rings. The molecule has 1 atom stereocenters. The zero-order valence-electron chi connectivity index (χ0n) is 18.5. The van der Waals surface area contributed by atoms with Gasteiger partial charge in [-0.25, -0.2) is 0 Å². The summed E-state index contributed by atoms with van der Waals surface area (Å²) in [6.07, 6.45) is 0.557. The number of carbonyl (C=O) groups excluding carboxylic acids is 2. The van der Waals surface area contributed by atoms with Crippen molar-refractivity contribution in [3.05, 3.63) is 94.4 Å². The number of rotatable bonds is 7. The minimum atomic E-state index is -0.764. The summed E-state index contributed by atoms with van der Waals surface area (Å²) in [6, 6.07) is 19.4. The van der Waals surface area contributed by atoms with Crippen LogP contribution in [0.3, 0.4) is 0 Å². The molecule has 0 spiro atoms. The van der Waals surface area contributed by atoms with Crippen LogP contribution >= 0.6 is 11.6 Å². The van der Waals surface area contributed by atoms with E-state index in [-0.39, 0.29) is 11.3 Å². The quantitative estimate of drug-likeness (QED) is 0.268. The van der Waals surface area contributed by atoms with E-state index in [1.54, 1.807) is 31.4 Å². The molecule has 0 saturated heterocycles. The van der Waals surface area contributed by atoms with Gasteiger partial charge in [0.15, 0.2) is 11.5 Å². The number of ether oxygens (including phenoxy) is 1. The van der Waals surface area contributed by atoms with Gasteiger partial charge in [-0.15, -0.1) is 0 Å². The van der Waals surface area contributed by atoms with Crippen LogP contribution in [-0.4, -0.2) is 42.0 Å². The molecule has 1 unspecified atom stereocenters. The average molecular weight is 476 g/mol. The van der Waals surface area contributed by atoms with Gasteiger partial charge in [0.25, 0.3) is 5.91 Å². The van der Waals surface area contributed by atoms with E-state index in [0.717, 1.165) is 16.3 Å². The zero-order valence-corrected chi connectivity index (χ0v) is 19.2. The number of aliphatic hydroxyl groups excluding tert-OH is 1. The number of methoxy groups -OCH3 is 1. The summed E-state index contributed by atoms with van der Waals surface area (Å²) >= 11 is 6.08. The molecule has 0 bridgehead atoms. The standard InChI is InChI=1S/C27H22ClNO5/c1-33-13-5-12-29-24(20-9-4-7-16-6-2-3-8-19(16)20)23(26(31)27(29)32)25(30)22-15-17-14-18(28)10-11-21(17)34-22/h2-4,6-11,14-15,24,31H,5,12-13H2,1H3. The SMILES string of the molecule is COCCCN1C(=O)C(O)=C(C(=O)c2cc3cc(Cl)ccc3o2)C1c1cccc2ccccc12. The number of amides is 1. The summed E-state index contributed by atoms with van der Waals surface area (Å²) in [5, 5.41) is 14.0. The highest BCUT2D eigenvalue weighted by Gasteiger charge is 2.44. The van der Waals surface area contributed by atoms with Crippen molar-refractivity contribution in [3.63, 3.8) is 0 Å². The van der Waals surface area contributed by atoms with E-state index < -0.39 is 23.5 Å². The maximum atomic E-state index is 13.7. The Labute approximate surface area is 201 Å². The molecule has 7 heteroatoms. The Morgan fingerprint density at radius 1 is 1.09 bits per heavy atom. The van der Waals surface area contributed by atoms with Crippen molar-refractivity contribution < 1.29 is 23.8 Å². The van der Waals surface area contributed by atoms with Crippen molar-refractivity contribution >= 4 is 45.0 Å². The zero-order chi connectivity index (χ0) is 23.8. The van der Waals surface area contributed by atoms with E-state index in [2.05, 4.69) is 0 Å². The van der Waals surface area contributed by atoms with Crippen molar-refractivity contribution in [1.29, 1.82) is 0 Å². The van der Waals surface area contributed by atoms with Crippen LogP contribution in [0.2, 0.25) is 5.02 Å². The van der Waals surface area contributed by atoms with E-state index in [1.165, 1.54) is 4.90 Å². The molecular formula is C27H22ClNO5. The van der Waals surface area contributed by atoms with E-state index in [4.69, 9.17) is 20.8 Å². The minimum absolute atomic E-state index is 0.00363. The first-order valence-electron chi connectivity index (χ1n) is 10.9. The monoisotopic (exact) mass is 475 g/mol. The van der Waals surface area contributed by atoms with Crippen LogP contribution in [0.15, 0.2) is 82.5 Å². The molecule has 6 nitrogen and oxygen atoms in total. The van der Waals surface area contributed by atoms with Gasteiger partial charge < -0.3 is 19.2 Å². The Hall–Kier alpha value is -3.61. The number of fused-ring (bicyclic) bond motifs is 2. The van der Waals surface area contributed by atoms with Crippen molar-refractivity contribution in [2.75, 3.05) is 20.3 Å². The Bertz CT molecular complexity index is 1450. The normalized spacial score (nSPS) is 16.2. The van der Waals surface area contributed by atoms with Crippen molar-refractivity contribution in [3.8, 4) is 0 Å². The average Bonchev–Trinajstić information content (AvgIpc) is 3.37. The van der Waals surface area contributed by atoms with Gasteiger partial charge in [0.1, 0.15) is 5.58 Å². The molecule has 0 aliphatic carbocycles. The minimum Gasteiger partial charge on any atom is -0.503 e. The van der Waals surface area contributed by atoms with Crippen LogP contribution < -0.4 is 0 Å². The molecule has 1 aliphatic rings. The van der Waals surface area contributed by atoms with E-state index in [0.29, 0.717) is 35.6 Å². The van der Waals surface area contributed by atoms with Gasteiger partial charge in [-0.05, 0) is 47.0 Å². The first-order valence-corrected chi connectivity index (χ1v) is 11.3. The Morgan fingerprint density at radius 3 is 2.71 bits per heavy atom. The van der Waals surface area contributed by atoms with Gasteiger partial charge in [0.2, 0.25) is 5.78 Å². The highest BCUT2D eigenvalue weighted by molar-refractivity contribution is 6.31. The number of hydrogen-bond donors (Lipinski definition) is 1. The Balaban J connectivity index is 1.64. The third-order valence-corrected chi connectivity index (χ3v) is 6.35. The van der Waals surface area contributed by atoms with Crippen LogP contribution in [0.4, 0.5) is 0 Å². The number of benzene rings is 3. The molecule has 5 rings (SSSR count). The van der Waals surface area contributed by atoms with Gasteiger partial charge in [-0.1, -0.05) is 54.1 Å². The van der Waals surface area contributed by atoms with Gasteiger partial charge in [-0.3, -0.25) is 9.59 Å². The van der Waals surface area contributed by atoms with E-state index in [1.807, 2.05) is 42.5 Å². The van der Waals surface area contributed by atoms with Crippen LogP contribution in [0.25, 0.3) is 21.7 Å². The number of ketones is 1. The molecule has 0 saturated carbocycles. The predicted octanol–water partition coefficient (Wildman–Crippen LogP) is 5.85. The van der Waals surface area contributed by atoms with Crippen molar-refractivity contribution in [1.82, 2.24) is 4.90 Å². The second-order valence-electron chi connectivity index (χ2n) is 8.20. The van der Waals surface area contributed by atoms with Crippen molar-refractivity contribution in [2.45, 2.75) is 12.5 Å². The number of halogens is 1. The second-order valence-corrected chi connectivity index (χ2v) is 8.64. The third kappa shape index (κ3) is 3.75. The lowest BCUT2D eigenvalue weighted by Gasteiger charge is -2.27. The Morgan fingerprint density at radius 2 is 1.88 bits per heavy atom. The third-order valence-electron chi connectivity index (χ3n) is 6.12. The number of hydrogen-bond acceptors (Lipinski definition) is 5. The summed E-state index contributed by atoms with van der Waals surface area (Å²) < 4.78 is 10.9. The lowest BCUT2D eigenvalue weighted by Crippen LogP contribution is -2.32. The largest absolute Gasteiger partial charge is 0.503 e. The number of Topliss-reactive ketones (excluding diaryl/α,β-unsaturated/α-hetero) is 1. The van der Waals surface area contributed by atoms with Gasteiger partial charge in [0, 0.05) is 30.7 Å². The first-order chi connectivity index (χ1) is 16.5. The van der Waals surface area contributed by atoms with E-state index >= 15 is 0 Å². The smallest absolute Gasteiger partial charge is 0.290 e. The van der Waals surface area contributed by atoms with Crippen LogP contribution in [0.1, 0.15) is 28.6 Å². The molecule has 1 aromatic heterocycles. The maximum absolute atomic E-state index is 13.7. The molecule has 3 aromatic carbocycles. The van der Waals surface area contributed by atoms with Gasteiger partial charge >= 0.3 is 0 Å². The van der Waals surface area contributed by atoms with Crippen LogP contribution in [0, 0.1) is 0 Å². The fourth-order valence-corrected chi connectivity index (χ4v) is 4.75. The van der Waals surface area contributed by atoms with Crippen LogP contribution in [-0.2, 0) is 9.53 Å². The molecule has 1 aliphatic heterocycles. The highest BCUT2D eigenvalue weighted by atomic mass is 35.5. The fraction of sp³-hybridized carbons (Fsp3) is 0.185. The Kier molecular flexibility index (Phi) is 5.86. The molecule has 1 N–H and O–H groups in total. The number of furan rings is 1. The lowest BCUT2D eigenvalue weighted by atomic mass is 9.91. The number of nitrogens with zero attached hydrogens (tertiary/aromatic N) is 1. The topological polar surface area (TPSA) is 80.0 Å². The summed E-state index contributed by atoms with van der Waals surface area (Å²) in [4.78, 5) is 28.4. The highest BCUT2D eigenvalue weighted by Crippen LogP contribution is 2.42. The fourth-order valence-electron chi connectivity index (χ4n) is 4.57. The molecule has 34 heavy (non-hydrogen) atoms. The maximum Gasteiger partial charge on any atom is 0.290 e. The lowest BCUT2D eigenvalue weighted by molar-refractivity contribution is -0.129.